The van der Waals surface area contributed by atoms with Crippen LogP contribution in [0.1, 0.15) is 13.8 Å². The van der Waals surface area contributed by atoms with Gasteiger partial charge in [0.05, 0.1) is 6.54 Å². The van der Waals surface area contributed by atoms with Crippen molar-refractivity contribution in [2.45, 2.75) is 19.4 Å². The largest absolute Gasteiger partial charge is 0.477 e. The van der Waals surface area contributed by atoms with Crippen LogP contribution in [0.25, 0.3) is 0 Å². The van der Waals surface area contributed by atoms with E-state index in [-0.39, 0.29) is 5.60 Å². The summed E-state index contributed by atoms with van der Waals surface area (Å²) in [4.78, 5) is 4.15. The standard InChI is InChI=1S/C7H13NO2/c1-7(2,9-3)6-8-4-5-10-6/h4-5H2,1-3H3. The van der Waals surface area contributed by atoms with Crippen LogP contribution in [0.5, 0.6) is 0 Å². The Hall–Kier alpha value is -0.570. The van der Waals surface area contributed by atoms with Crippen molar-refractivity contribution in [3.63, 3.8) is 0 Å². The molecule has 1 rings (SSSR count). The Morgan fingerprint density at radius 1 is 1.60 bits per heavy atom. The van der Waals surface area contributed by atoms with E-state index in [0.717, 1.165) is 12.4 Å². The highest BCUT2D eigenvalue weighted by atomic mass is 16.5. The fourth-order valence-electron chi connectivity index (χ4n) is 0.787. The first-order valence-electron chi connectivity index (χ1n) is 3.40. The molecule has 0 aromatic rings. The first-order valence-corrected chi connectivity index (χ1v) is 3.40. The lowest BCUT2D eigenvalue weighted by molar-refractivity contribution is 0.0623. The molecule has 0 aromatic heterocycles. The normalized spacial score (nSPS) is 18.5. The van der Waals surface area contributed by atoms with E-state index in [4.69, 9.17) is 9.47 Å². The zero-order chi connectivity index (χ0) is 7.61. The molecular formula is C7H13NO2. The van der Waals surface area contributed by atoms with Crippen molar-refractivity contribution in [3.05, 3.63) is 0 Å². The Labute approximate surface area is 61.0 Å². The first-order chi connectivity index (χ1) is 4.67. The van der Waals surface area contributed by atoms with Crippen LogP contribution in [0, 0.1) is 0 Å². The number of methoxy groups -OCH3 is 1. The summed E-state index contributed by atoms with van der Waals surface area (Å²) in [7, 11) is 1.66. The summed E-state index contributed by atoms with van der Waals surface area (Å²) in [5, 5.41) is 0. The smallest absolute Gasteiger partial charge is 0.216 e. The summed E-state index contributed by atoms with van der Waals surface area (Å²) in [5.41, 5.74) is -0.351. The predicted molar refractivity (Wildman–Crippen MR) is 39.3 cm³/mol. The van der Waals surface area contributed by atoms with E-state index in [1.807, 2.05) is 13.8 Å². The quantitative estimate of drug-likeness (QED) is 0.573. The maximum absolute atomic E-state index is 5.23. The van der Waals surface area contributed by atoms with Crippen molar-refractivity contribution >= 4 is 5.90 Å². The average Bonchev–Trinajstić information content (AvgIpc) is 2.38. The molecule has 0 saturated carbocycles. The van der Waals surface area contributed by atoms with E-state index in [9.17, 15) is 0 Å². The van der Waals surface area contributed by atoms with Crippen LogP contribution in [0.15, 0.2) is 4.99 Å². The van der Waals surface area contributed by atoms with E-state index < -0.39 is 0 Å². The fraction of sp³-hybridized carbons (Fsp3) is 0.857. The Bertz CT molecular complexity index is 152. The SMILES string of the molecule is COC(C)(C)C1=NCCO1. The third-order valence-corrected chi connectivity index (χ3v) is 1.61. The van der Waals surface area contributed by atoms with Gasteiger partial charge < -0.3 is 9.47 Å². The third-order valence-electron chi connectivity index (χ3n) is 1.61. The number of hydrogen-bond acceptors (Lipinski definition) is 3. The van der Waals surface area contributed by atoms with Gasteiger partial charge in [-0.1, -0.05) is 0 Å². The van der Waals surface area contributed by atoms with E-state index >= 15 is 0 Å². The molecule has 1 aliphatic heterocycles. The molecule has 1 aliphatic rings. The minimum absolute atomic E-state index is 0.351. The third kappa shape index (κ3) is 1.29. The van der Waals surface area contributed by atoms with Crippen LogP contribution in [0.4, 0.5) is 0 Å². The number of hydrogen-bond donors (Lipinski definition) is 0. The summed E-state index contributed by atoms with van der Waals surface area (Å²) in [5.74, 6) is 0.718. The summed E-state index contributed by atoms with van der Waals surface area (Å²) >= 11 is 0. The van der Waals surface area contributed by atoms with E-state index in [1.165, 1.54) is 0 Å². The highest BCUT2D eigenvalue weighted by molar-refractivity contribution is 5.85. The molecule has 0 atom stereocenters. The maximum atomic E-state index is 5.23. The van der Waals surface area contributed by atoms with Crippen molar-refractivity contribution in [1.29, 1.82) is 0 Å². The van der Waals surface area contributed by atoms with Gasteiger partial charge in [-0.25, -0.2) is 4.99 Å². The minimum Gasteiger partial charge on any atom is -0.477 e. The monoisotopic (exact) mass is 143 g/mol. The second-order valence-corrected chi connectivity index (χ2v) is 2.75. The van der Waals surface area contributed by atoms with Crippen molar-refractivity contribution in [2.75, 3.05) is 20.3 Å². The van der Waals surface area contributed by atoms with Gasteiger partial charge in [0.25, 0.3) is 0 Å². The summed E-state index contributed by atoms with van der Waals surface area (Å²) in [6, 6.07) is 0. The Balaban J connectivity index is 2.62. The number of rotatable bonds is 2. The van der Waals surface area contributed by atoms with E-state index in [0.29, 0.717) is 6.61 Å². The summed E-state index contributed by atoms with van der Waals surface area (Å²) in [6.07, 6.45) is 0. The fourth-order valence-corrected chi connectivity index (χ4v) is 0.787. The molecule has 0 spiro atoms. The molecule has 0 radical (unpaired) electrons. The molecule has 0 bridgehead atoms. The highest BCUT2D eigenvalue weighted by Gasteiger charge is 2.28. The zero-order valence-electron chi connectivity index (χ0n) is 6.68. The number of nitrogens with zero attached hydrogens (tertiary/aromatic N) is 1. The van der Waals surface area contributed by atoms with Gasteiger partial charge in [0.1, 0.15) is 12.2 Å². The molecule has 3 nitrogen and oxygen atoms in total. The molecule has 0 fully saturated rings. The lowest BCUT2D eigenvalue weighted by atomic mass is 10.1. The van der Waals surface area contributed by atoms with Crippen LogP contribution in [-0.2, 0) is 9.47 Å². The molecule has 0 N–H and O–H groups in total. The minimum atomic E-state index is -0.351. The van der Waals surface area contributed by atoms with Gasteiger partial charge in [0, 0.05) is 7.11 Å². The van der Waals surface area contributed by atoms with Crippen molar-refractivity contribution < 1.29 is 9.47 Å². The Morgan fingerprint density at radius 2 is 2.30 bits per heavy atom. The molecular weight excluding hydrogens is 130 g/mol. The molecule has 0 aliphatic carbocycles. The molecule has 0 unspecified atom stereocenters. The van der Waals surface area contributed by atoms with Crippen molar-refractivity contribution in [3.8, 4) is 0 Å². The molecule has 1 heterocycles. The van der Waals surface area contributed by atoms with Gasteiger partial charge in [0.2, 0.25) is 5.90 Å². The topological polar surface area (TPSA) is 30.8 Å². The van der Waals surface area contributed by atoms with Gasteiger partial charge in [-0.2, -0.15) is 0 Å². The average molecular weight is 143 g/mol. The lowest BCUT2D eigenvalue weighted by Gasteiger charge is -2.21. The molecule has 0 saturated heterocycles. The summed E-state index contributed by atoms with van der Waals surface area (Å²) < 4.78 is 10.4. The maximum Gasteiger partial charge on any atom is 0.216 e. The van der Waals surface area contributed by atoms with Crippen LogP contribution in [0.2, 0.25) is 0 Å². The second-order valence-electron chi connectivity index (χ2n) is 2.75. The zero-order valence-corrected chi connectivity index (χ0v) is 6.68. The molecule has 3 heteroatoms. The van der Waals surface area contributed by atoms with Gasteiger partial charge in [-0.3, -0.25) is 0 Å². The number of aliphatic imine (C=N–C) groups is 1. The van der Waals surface area contributed by atoms with Crippen molar-refractivity contribution in [2.24, 2.45) is 4.99 Å². The van der Waals surface area contributed by atoms with Gasteiger partial charge in [-0.15, -0.1) is 0 Å². The molecule has 10 heavy (non-hydrogen) atoms. The van der Waals surface area contributed by atoms with Gasteiger partial charge in [0.15, 0.2) is 0 Å². The second kappa shape index (κ2) is 2.58. The van der Waals surface area contributed by atoms with Gasteiger partial charge in [-0.05, 0) is 13.8 Å². The molecule has 0 amide bonds. The Kier molecular flexibility index (Phi) is 1.94. The van der Waals surface area contributed by atoms with Crippen LogP contribution in [-0.4, -0.2) is 31.8 Å². The van der Waals surface area contributed by atoms with E-state index in [2.05, 4.69) is 4.99 Å². The highest BCUT2D eigenvalue weighted by Crippen LogP contribution is 2.14. The number of ether oxygens (including phenoxy) is 2. The predicted octanol–water partition coefficient (Wildman–Crippen LogP) is 0.840. The molecule has 58 valence electrons. The summed E-state index contributed by atoms with van der Waals surface area (Å²) in [6.45, 7) is 5.35. The van der Waals surface area contributed by atoms with E-state index in [1.54, 1.807) is 7.11 Å². The van der Waals surface area contributed by atoms with Crippen LogP contribution < -0.4 is 0 Å². The lowest BCUT2D eigenvalue weighted by Crippen LogP contribution is -2.33. The molecule has 0 aromatic carbocycles. The van der Waals surface area contributed by atoms with Crippen LogP contribution in [0.3, 0.4) is 0 Å². The van der Waals surface area contributed by atoms with Gasteiger partial charge >= 0.3 is 0 Å². The van der Waals surface area contributed by atoms with Crippen molar-refractivity contribution in [1.82, 2.24) is 0 Å². The Morgan fingerprint density at radius 3 is 2.70 bits per heavy atom. The first kappa shape index (κ1) is 7.54. The van der Waals surface area contributed by atoms with Crippen LogP contribution >= 0.6 is 0 Å².